The van der Waals surface area contributed by atoms with E-state index < -0.39 is 10.0 Å². The number of aliphatic hydroxyl groups excluding tert-OH is 1. The average Bonchev–Trinajstić information content (AvgIpc) is 2.76. The molecule has 0 unspecified atom stereocenters. The third kappa shape index (κ3) is 2.20. The van der Waals surface area contributed by atoms with Crippen molar-refractivity contribution in [3.8, 4) is 0 Å². The molecular weight excluding hydrogens is 330 g/mol. The van der Waals surface area contributed by atoms with E-state index in [-0.39, 0.29) is 10.7 Å². The summed E-state index contributed by atoms with van der Waals surface area (Å²) < 4.78 is 27.6. The number of benzene rings is 1. The van der Waals surface area contributed by atoms with Crippen LogP contribution in [0.5, 0.6) is 0 Å². The summed E-state index contributed by atoms with van der Waals surface area (Å²) >= 11 is 1.41. The highest BCUT2D eigenvalue weighted by Crippen LogP contribution is 2.48. The van der Waals surface area contributed by atoms with Crippen molar-refractivity contribution in [2.75, 3.05) is 10.8 Å². The van der Waals surface area contributed by atoms with E-state index in [4.69, 9.17) is 0 Å². The Kier molecular flexibility index (Phi) is 3.77. The number of nitrogens with zero attached hydrogens (tertiary/aromatic N) is 1. The van der Waals surface area contributed by atoms with Crippen molar-refractivity contribution in [3.05, 3.63) is 51.4 Å². The van der Waals surface area contributed by atoms with Gasteiger partial charge in [-0.1, -0.05) is 24.3 Å². The molecule has 23 heavy (non-hydrogen) atoms. The van der Waals surface area contributed by atoms with Crippen molar-refractivity contribution in [1.82, 2.24) is 0 Å². The second-order valence-electron chi connectivity index (χ2n) is 5.63. The lowest BCUT2D eigenvalue weighted by Gasteiger charge is -2.29. The Morgan fingerprint density at radius 1 is 1.17 bits per heavy atom. The largest absolute Gasteiger partial charge is 0.506 e. The molecule has 1 N–H and O–H groups in total. The minimum Gasteiger partial charge on any atom is -0.506 e. The van der Waals surface area contributed by atoms with E-state index in [1.165, 1.54) is 15.6 Å². The number of aryl methyl sites for hydroxylation is 2. The molecule has 1 aromatic heterocycles. The SMILES string of the molecule is CCN1c2sc(C)c(C)c2C(O)=C(c2ccccc2C)S1(=O)=O. The number of rotatable bonds is 2. The number of hydrogen-bond donors (Lipinski definition) is 1. The number of sulfonamides is 1. The molecule has 2 heterocycles. The van der Waals surface area contributed by atoms with Crippen molar-refractivity contribution >= 4 is 37.0 Å². The van der Waals surface area contributed by atoms with Crippen LogP contribution in [0.15, 0.2) is 24.3 Å². The second-order valence-corrected chi connectivity index (χ2v) is 8.63. The summed E-state index contributed by atoms with van der Waals surface area (Å²) in [4.78, 5) is 1.02. The van der Waals surface area contributed by atoms with E-state index in [1.807, 2.05) is 39.8 Å². The quantitative estimate of drug-likeness (QED) is 0.883. The molecule has 0 fully saturated rings. The van der Waals surface area contributed by atoms with Crippen LogP contribution in [0.3, 0.4) is 0 Å². The fourth-order valence-electron chi connectivity index (χ4n) is 2.93. The van der Waals surface area contributed by atoms with Gasteiger partial charge >= 0.3 is 0 Å². The summed E-state index contributed by atoms with van der Waals surface area (Å²) in [5.74, 6) is -0.138. The standard InChI is InChI=1S/C17H19NO3S2/c1-5-18-17-14(11(3)12(4)22-17)15(19)16(23(18,20)21)13-9-7-6-8-10(13)2/h6-9,19H,5H2,1-4H3. The van der Waals surface area contributed by atoms with Crippen molar-refractivity contribution in [2.45, 2.75) is 27.7 Å². The van der Waals surface area contributed by atoms with E-state index >= 15 is 0 Å². The lowest BCUT2D eigenvalue weighted by molar-refractivity contribution is 0.512. The highest BCUT2D eigenvalue weighted by atomic mass is 32.2. The van der Waals surface area contributed by atoms with Gasteiger partial charge in [0, 0.05) is 17.0 Å². The first kappa shape index (κ1) is 16.1. The molecule has 0 radical (unpaired) electrons. The van der Waals surface area contributed by atoms with E-state index in [9.17, 15) is 13.5 Å². The molecule has 1 aromatic carbocycles. The lowest BCUT2D eigenvalue weighted by Crippen LogP contribution is -2.34. The molecule has 1 aliphatic heterocycles. The van der Waals surface area contributed by atoms with E-state index in [1.54, 1.807) is 12.1 Å². The van der Waals surface area contributed by atoms with E-state index in [2.05, 4.69) is 0 Å². The van der Waals surface area contributed by atoms with Gasteiger partial charge in [-0.3, -0.25) is 4.31 Å². The number of hydrogen-bond acceptors (Lipinski definition) is 4. The molecule has 0 amide bonds. The number of anilines is 1. The van der Waals surface area contributed by atoms with Crippen molar-refractivity contribution in [3.63, 3.8) is 0 Å². The van der Waals surface area contributed by atoms with Crippen LogP contribution in [-0.4, -0.2) is 20.1 Å². The van der Waals surface area contributed by atoms with Crippen LogP contribution >= 0.6 is 11.3 Å². The Morgan fingerprint density at radius 2 is 1.83 bits per heavy atom. The predicted octanol–water partition coefficient (Wildman–Crippen LogP) is 4.23. The first-order valence-electron chi connectivity index (χ1n) is 7.43. The summed E-state index contributed by atoms with van der Waals surface area (Å²) in [6.07, 6.45) is 0. The molecule has 0 bridgehead atoms. The fourth-order valence-corrected chi connectivity index (χ4v) is 6.18. The van der Waals surface area contributed by atoms with Gasteiger partial charge in [0.05, 0.1) is 5.56 Å². The Labute approximate surface area is 140 Å². The van der Waals surface area contributed by atoms with Crippen LogP contribution < -0.4 is 4.31 Å². The van der Waals surface area contributed by atoms with Crippen molar-refractivity contribution < 1.29 is 13.5 Å². The zero-order valence-corrected chi connectivity index (χ0v) is 15.2. The monoisotopic (exact) mass is 349 g/mol. The summed E-state index contributed by atoms with van der Waals surface area (Å²) in [6, 6.07) is 7.24. The van der Waals surface area contributed by atoms with Crippen LogP contribution in [0.1, 0.15) is 34.1 Å². The minimum atomic E-state index is -3.78. The first-order valence-corrected chi connectivity index (χ1v) is 9.68. The normalized spacial score (nSPS) is 16.6. The Bertz CT molecular complexity index is 923. The van der Waals surface area contributed by atoms with Gasteiger partial charge in [0.2, 0.25) is 0 Å². The molecule has 1 aliphatic rings. The lowest BCUT2D eigenvalue weighted by atomic mass is 10.0. The number of aliphatic hydroxyl groups is 1. The molecular formula is C17H19NO3S2. The maximum absolute atomic E-state index is 13.1. The second kappa shape index (κ2) is 5.39. The Morgan fingerprint density at radius 3 is 2.43 bits per heavy atom. The molecule has 4 nitrogen and oxygen atoms in total. The maximum Gasteiger partial charge on any atom is 0.269 e. The van der Waals surface area contributed by atoms with Crippen molar-refractivity contribution in [2.24, 2.45) is 0 Å². The summed E-state index contributed by atoms with van der Waals surface area (Å²) in [6.45, 7) is 7.85. The average molecular weight is 349 g/mol. The summed E-state index contributed by atoms with van der Waals surface area (Å²) in [5, 5.41) is 11.4. The Hall–Kier alpha value is -1.79. The van der Waals surface area contributed by atoms with Crippen LogP contribution in [0.25, 0.3) is 10.7 Å². The van der Waals surface area contributed by atoms with Gasteiger partial charge in [-0.2, -0.15) is 0 Å². The third-order valence-corrected chi connectivity index (χ3v) is 7.57. The van der Waals surface area contributed by atoms with Crippen LogP contribution in [0.4, 0.5) is 5.00 Å². The van der Waals surface area contributed by atoms with Crippen LogP contribution in [-0.2, 0) is 10.0 Å². The smallest absolute Gasteiger partial charge is 0.269 e. The van der Waals surface area contributed by atoms with Gasteiger partial charge in [-0.15, -0.1) is 11.3 Å². The molecule has 0 aliphatic carbocycles. The highest BCUT2D eigenvalue weighted by molar-refractivity contribution is 8.02. The molecule has 0 spiro atoms. The van der Waals surface area contributed by atoms with Gasteiger partial charge in [-0.25, -0.2) is 8.42 Å². The van der Waals surface area contributed by atoms with Gasteiger partial charge < -0.3 is 5.11 Å². The first-order chi connectivity index (χ1) is 10.8. The number of fused-ring (bicyclic) bond motifs is 1. The van der Waals surface area contributed by atoms with Crippen LogP contribution in [0, 0.1) is 20.8 Å². The topological polar surface area (TPSA) is 57.6 Å². The van der Waals surface area contributed by atoms with E-state index in [0.29, 0.717) is 22.7 Å². The van der Waals surface area contributed by atoms with Gasteiger partial charge in [0.1, 0.15) is 15.7 Å². The summed E-state index contributed by atoms with van der Waals surface area (Å²) in [5.41, 5.74) is 2.95. The Balaban J connectivity index is 2.44. The van der Waals surface area contributed by atoms with Gasteiger partial charge in [-0.05, 0) is 38.8 Å². The van der Waals surface area contributed by atoms with Gasteiger partial charge in [0.15, 0.2) is 0 Å². The van der Waals surface area contributed by atoms with E-state index in [0.717, 1.165) is 16.0 Å². The highest BCUT2D eigenvalue weighted by Gasteiger charge is 2.40. The predicted molar refractivity (Wildman–Crippen MR) is 96.4 cm³/mol. The summed E-state index contributed by atoms with van der Waals surface area (Å²) in [7, 11) is -3.78. The molecule has 6 heteroatoms. The zero-order valence-electron chi connectivity index (χ0n) is 13.5. The molecule has 3 rings (SSSR count). The molecule has 0 saturated heterocycles. The minimum absolute atomic E-state index is 0.00542. The molecule has 122 valence electrons. The molecule has 0 atom stereocenters. The molecule has 0 saturated carbocycles. The number of thiophene rings is 1. The zero-order chi connectivity index (χ0) is 16.9. The molecule has 2 aromatic rings. The fraction of sp³-hybridized carbons (Fsp3) is 0.294. The van der Waals surface area contributed by atoms with Gasteiger partial charge in [0.25, 0.3) is 10.0 Å². The van der Waals surface area contributed by atoms with Crippen molar-refractivity contribution in [1.29, 1.82) is 0 Å². The third-order valence-electron chi connectivity index (χ3n) is 4.27. The van der Waals surface area contributed by atoms with Crippen LogP contribution in [0.2, 0.25) is 0 Å². The maximum atomic E-state index is 13.1.